The quantitative estimate of drug-likeness (QED) is 0.618. The molecule has 3 N–H and O–H groups in total. The molecule has 0 fully saturated rings. The largest absolute Gasteiger partial charge is 0.486 e. The molecule has 0 saturated heterocycles. The number of hydrogen-bond acceptors (Lipinski definition) is 6. The summed E-state index contributed by atoms with van der Waals surface area (Å²) in [5.41, 5.74) is 5.27. The minimum atomic E-state index is -4.47. The number of primary amides is 1. The number of aryl methyl sites for hydroxylation is 1. The third-order valence-corrected chi connectivity index (χ3v) is 4.49. The van der Waals surface area contributed by atoms with Crippen LogP contribution in [-0.4, -0.2) is 33.9 Å². The van der Waals surface area contributed by atoms with Crippen LogP contribution in [0.5, 0.6) is 11.5 Å². The average molecular weight is 433 g/mol. The van der Waals surface area contributed by atoms with Crippen LogP contribution in [-0.2, 0) is 17.5 Å². The summed E-state index contributed by atoms with van der Waals surface area (Å²) in [5.74, 6) is 1.10. The highest BCUT2D eigenvalue weighted by Gasteiger charge is 2.30. The Bertz CT molecular complexity index is 1110. The Labute approximate surface area is 174 Å². The van der Waals surface area contributed by atoms with Crippen LogP contribution in [0.3, 0.4) is 0 Å². The molecule has 1 aliphatic heterocycles. The van der Waals surface area contributed by atoms with Gasteiger partial charge in [-0.25, -0.2) is 4.68 Å². The SMILES string of the molecule is NC(=O)CCn1nc(Nc2cccc(C(F)(F)F)c2)nc1-c1ccc2c(c1)OCCO2. The molecule has 0 aliphatic carbocycles. The topological polar surface area (TPSA) is 104 Å². The molecule has 0 radical (unpaired) electrons. The number of nitrogens with two attached hydrogens (primary N) is 1. The second kappa shape index (κ2) is 8.17. The number of nitrogens with one attached hydrogen (secondary N) is 1. The number of alkyl halides is 3. The van der Waals surface area contributed by atoms with Crippen molar-refractivity contribution in [2.45, 2.75) is 19.1 Å². The molecule has 0 spiro atoms. The van der Waals surface area contributed by atoms with E-state index in [0.717, 1.165) is 12.1 Å². The van der Waals surface area contributed by atoms with E-state index >= 15 is 0 Å². The fraction of sp³-hybridized carbons (Fsp3) is 0.250. The predicted octanol–water partition coefficient (Wildman–Crippen LogP) is 3.35. The number of rotatable bonds is 6. The monoisotopic (exact) mass is 433 g/mol. The molecule has 1 aliphatic rings. The van der Waals surface area contributed by atoms with Crippen molar-refractivity contribution in [3.05, 3.63) is 48.0 Å². The number of benzene rings is 2. The van der Waals surface area contributed by atoms with Crippen LogP contribution >= 0.6 is 0 Å². The molecule has 1 amide bonds. The molecule has 0 atom stereocenters. The number of anilines is 2. The van der Waals surface area contributed by atoms with Gasteiger partial charge in [-0.05, 0) is 36.4 Å². The van der Waals surface area contributed by atoms with E-state index in [1.54, 1.807) is 18.2 Å². The number of halogens is 3. The van der Waals surface area contributed by atoms with E-state index in [2.05, 4.69) is 15.4 Å². The molecule has 4 rings (SSSR count). The summed E-state index contributed by atoms with van der Waals surface area (Å²) in [7, 11) is 0. The Morgan fingerprint density at radius 1 is 1.13 bits per heavy atom. The number of nitrogens with zero attached hydrogens (tertiary/aromatic N) is 3. The first-order valence-electron chi connectivity index (χ1n) is 9.37. The molecule has 31 heavy (non-hydrogen) atoms. The number of aromatic nitrogens is 3. The van der Waals surface area contributed by atoms with Crippen molar-refractivity contribution in [3.8, 4) is 22.9 Å². The molecule has 3 aromatic rings. The second-order valence-electron chi connectivity index (χ2n) is 6.76. The molecule has 0 bridgehead atoms. The van der Waals surface area contributed by atoms with Gasteiger partial charge >= 0.3 is 6.18 Å². The summed E-state index contributed by atoms with van der Waals surface area (Å²) in [6, 6.07) is 9.93. The third-order valence-electron chi connectivity index (χ3n) is 4.49. The lowest BCUT2D eigenvalue weighted by molar-refractivity contribution is -0.137. The summed E-state index contributed by atoms with van der Waals surface area (Å²) < 4.78 is 51.5. The van der Waals surface area contributed by atoms with Crippen LogP contribution < -0.4 is 20.5 Å². The molecule has 11 heteroatoms. The summed E-state index contributed by atoms with van der Waals surface area (Å²) >= 11 is 0. The summed E-state index contributed by atoms with van der Waals surface area (Å²) in [5, 5.41) is 7.07. The van der Waals surface area contributed by atoms with Crippen LogP contribution in [0.25, 0.3) is 11.4 Å². The Morgan fingerprint density at radius 3 is 2.65 bits per heavy atom. The fourth-order valence-electron chi connectivity index (χ4n) is 3.07. The maximum absolute atomic E-state index is 13.0. The van der Waals surface area contributed by atoms with Crippen LogP contribution in [0.2, 0.25) is 0 Å². The summed E-state index contributed by atoms with van der Waals surface area (Å²) in [6.45, 7) is 1.01. The van der Waals surface area contributed by atoms with Gasteiger partial charge in [-0.2, -0.15) is 18.2 Å². The first-order valence-corrected chi connectivity index (χ1v) is 9.37. The van der Waals surface area contributed by atoms with Gasteiger partial charge in [0.05, 0.1) is 12.1 Å². The van der Waals surface area contributed by atoms with E-state index in [0.29, 0.717) is 36.1 Å². The van der Waals surface area contributed by atoms with Crippen molar-refractivity contribution in [1.29, 1.82) is 0 Å². The van der Waals surface area contributed by atoms with Gasteiger partial charge in [-0.1, -0.05) is 6.07 Å². The molecule has 2 heterocycles. The van der Waals surface area contributed by atoms with E-state index in [4.69, 9.17) is 15.2 Å². The smallest absolute Gasteiger partial charge is 0.416 e. The van der Waals surface area contributed by atoms with Gasteiger partial charge in [0.2, 0.25) is 11.9 Å². The van der Waals surface area contributed by atoms with Crippen molar-refractivity contribution in [3.63, 3.8) is 0 Å². The van der Waals surface area contributed by atoms with Crippen molar-refractivity contribution >= 4 is 17.5 Å². The highest BCUT2D eigenvalue weighted by Crippen LogP contribution is 2.35. The van der Waals surface area contributed by atoms with Gasteiger partial charge in [0.1, 0.15) is 13.2 Å². The number of hydrogen-bond donors (Lipinski definition) is 2. The average Bonchev–Trinajstić information content (AvgIpc) is 3.14. The van der Waals surface area contributed by atoms with Gasteiger partial charge in [0, 0.05) is 17.7 Å². The van der Waals surface area contributed by atoms with E-state index in [9.17, 15) is 18.0 Å². The molecular formula is C20H18F3N5O3. The number of carbonyl (C=O) groups excluding carboxylic acids is 1. The zero-order chi connectivity index (χ0) is 22.0. The lowest BCUT2D eigenvalue weighted by atomic mass is 10.2. The molecule has 1 aromatic heterocycles. The summed E-state index contributed by atoms with van der Waals surface area (Å²) in [6.07, 6.45) is -4.45. The maximum Gasteiger partial charge on any atom is 0.416 e. The standard InChI is InChI=1S/C20H18F3N5O3/c21-20(22,23)13-2-1-3-14(11-13)25-19-26-18(28(27-19)7-6-17(24)29)12-4-5-15-16(10-12)31-9-8-30-15/h1-5,10-11H,6-9H2,(H2,24,29)(H,25,27). The van der Waals surface area contributed by atoms with E-state index < -0.39 is 17.6 Å². The molecule has 0 saturated carbocycles. The first kappa shape index (κ1) is 20.5. The molecule has 0 unspecified atom stereocenters. The predicted molar refractivity (Wildman–Crippen MR) is 105 cm³/mol. The Kier molecular flexibility index (Phi) is 5.40. The molecular weight excluding hydrogens is 415 g/mol. The zero-order valence-electron chi connectivity index (χ0n) is 16.1. The van der Waals surface area contributed by atoms with Gasteiger partial charge in [0.25, 0.3) is 0 Å². The minimum Gasteiger partial charge on any atom is -0.486 e. The maximum atomic E-state index is 13.0. The van der Waals surface area contributed by atoms with Crippen LogP contribution in [0.1, 0.15) is 12.0 Å². The summed E-state index contributed by atoms with van der Waals surface area (Å²) in [4.78, 5) is 15.6. The lowest BCUT2D eigenvalue weighted by Crippen LogP contribution is -2.16. The number of fused-ring (bicyclic) bond motifs is 1. The minimum absolute atomic E-state index is 0.0178. The van der Waals surface area contributed by atoms with Crippen molar-refractivity contribution in [2.75, 3.05) is 18.5 Å². The van der Waals surface area contributed by atoms with E-state index in [1.807, 2.05) is 0 Å². The van der Waals surface area contributed by atoms with Crippen LogP contribution in [0.15, 0.2) is 42.5 Å². The van der Waals surface area contributed by atoms with Crippen LogP contribution in [0, 0.1) is 0 Å². The molecule has 8 nitrogen and oxygen atoms in total. The number of carbonyl (C=O) groups is 1. The van der Waals surface area contributed by atoms with Gasteiger partial charge < -0.3 is 20.5 Å². The third kappa shape index (κ3) is 4.71. The van der Waals surface area contributed by atoms with Crippen molar-refractivity contribution in [2.24, 2.45) is 5.73 Å². The second-order valence-corrected chi connectivity index (χ2v) is 6.76. The zero-order valence-corrected chi connectivity index (χ0v) is 16.1. The van der Waals surface area contributed by atoms with Gasteiger partial charge in [-0.3, -0.25) is 4.79 Å². The van der Waals surface area contributed by atoms with Gasteiger partial charge in [0.15, 0.2) is 17.3 Å². The van der Waals surface area contributed by atoms with E-state index in [1.165, 1.54) is 16.8 Å². The highest BCUT2D eigenvalue weighted by atomic mass is 19.4. The highest BCUT2D eigenvalue weighted by molar-refractivity contribution is 5.73. The van der Waals surface area contributed by atoms with Crippen molar-refractivity contribution < 1.29 is 27.4 Å². The lowest BCUT2D eigenvalue weighted by Gasteiger charge is -2.18. The molecule has 162 valence electrons. The Balaban J connectivity index is 1.66. The van der Waals surface area contributed by atoms with Crippen LogP contribution in [0.4, 0.5) is 24.8 Å². The Morgan fingerprint density at radius 2 is 1.90 bits per heavy atom. The number of ether oxygens (including phenoxy) is 2. The van der Waals surface area contributed by atoms with Gasteiger partial charge in [-0.15, -0.1) is 5.10 Å². The first-order chi connectivity index (χ1) is 14.8. The number of amides is 1. The van der Waals surface area contributed by atoms with E-state index in [-0.39, 0.29) is 24.6 Å². The molecule has 2 aromatic carbocycles. The van der Waals surface area contributed by atoms with Crippen molar-refractivity contribution in [1.82, 2.24) is 14.8 Å². The normalized spacial score (nSPS) is 13.1. The Hall–Kier alpha value is -3.76. The fourth-order valence-corrected chi connectivity index (χ4v) is 3.07.